The van der Waals surface area contributed by atoms with Gasteiger partial charge in [0.2, 0.25) is 5.91 Å². The summed E-state index contributed by atoms with van der Waals surface area (Å²) in [6, 6.07) is 17.1. The predicted octanol–water partition coefficient (Wildman–Crippen LogP) is 2.35. The number of hydrogen-bond donors (Lipinski definition) is 2. The highest BCUT2D eigenvalue weighted by Gasteiger charge is 2.13. The van der Waals surface area contributed by atoms with Crippen LogP contribution in [-0.4, -0.2) is 25.6 Å². The lowest BCUT2D eigenvalue weighted by molar-refractivity contribution is -0.122. The molecule has 0 radical (unpaired) electrons. The Morgan fingerprint density at radius 1 is 1.09 bits per heavy atom. The lowest BCUT2D eigenvalue weighted by Crippen LogP contribution is -2.42. The van der Waals surface area contributed by atoms with Gasteiger partial charge in [0.05, 0.1) is 13.2 Å². The molecule has 0 bridgehead atoms. The van der Waals surface area contributed by atoms with Gasteiger partial charge < -0.3 is 15.8 Å². The Balaban J connectivity index is 0.00000264. The van der Waals surface area contributed by atoms with E-state index in [0.717, 1.165) is 23.3 Å². The summed E-state index contributed by atoms with van der Waals surface area (Å²) >= 11 is 0. The summed E-state index contributed by atoms with van der Waals surface area (Å²) in [5.74, 6) is 0.718. The van der Waals surface area contributed by atoms with E-state index in [1.165, 1.54) is 0 Å². The van der Waals surface area contributed by atoms with Gasteiger partial charge in [-0.2, -0.15) is 0 Å². The van der Waals surface area contributed by atoms with Crippen LogP contribution < -0.4 is 15.8 Å². The summed E-state index contributed by atoms with van der Waals surface area (Å²) in [7, 11) is 1.64. The molecule has 0 fully saturated rings. The van der Waals surface area contributed by atoms with Crippen LogP contribution in [0, 0.1) is 0 Å². The Labute approximate surface area is 143 Å². The van der Waals surface area contributed by atoms with E-state index in [1.807, 2.05) is 54.6 Å². The molecular weight excluding hydrogens is 312 g/mol. The van der Waals surface area contributed by atoms with Crippen molar-refractivity contribution in [2.45, 2.75) is 18.9 Å². The molecule has 23 heavy (non-hydrogen) atoms. The first-order chi connectivity index (χ1) is 10.7. The molecule has 3 N–H and O–H groups in total. The number of nitrogens with one attached hydrogen (secondary N) is 1. The number of rotatable bonds is 7. The quantitative estimate of drug-likeness (QED) is 0.817. The minimum Gasteiger partial charge on any atom is -0.497 e. The van der Waals surface area contributed by atoms with Crippen molar-refractivity contribution >= 4 is 18.3 Å². The number of ether oxygens (including phenoxy) is 1. The fourth-order valence-electron chi connectivity index (χ4n) is 2.21. The van der Waals surface area contributed by atoms with Gasteiger partial charge in [-0.05, 0) is 36.1 Å². The van der Waals surface area contributed by atoms with Crippen LogP contribution in [0.5, 0.6) is 5.75 Å². The van der Waals surface area contributed by atoms with Gasteiger partial charge >= 0.3 is 0 Å². The molecule has 0 aliphatic carbocycles. The monoisotopic (exact) mass is 334 g/mol. The van der Waals surface area contributed by atoms with Gasteiger partial charge in [0, 0.05) is 6.54 Å². The third-order valence-electron chi connectivity index (χ3n) is 3.51. The van der Waals surface area contributed by atoms with Crippen molar-refractivity contribution in [3.8, 4) is 5.75 Å². The van der Waals surface area contributed by atoms with Gasteiger partial charge in [0.15, 0.2) is 0 Å². The molecule has 1 amide bonds. The fraction of sp³-hybridized carbons (Fsp3) is 0.278. The zero-order valence-corrected chi connectivity index (χ0v) is 14.0. The Hall–Kier alpha value is -2.04. The topological polar surface area (TPSA) is 64.3 Å². The SMILES string of the molecule is COc1ccc(CCNC(=O)C(N)Cc2ccccc2)cc1.Cl. The molecule has 0 spiro atoms. The molecule has 1 unspecified atom stereocenters. The maximum atomic E-state index is 12.0. The Morgan fingerprint density at radius 2 is 1.74 bits per heavy atom. The largest absolute Gasteiger partial charge is 0.497 e. The molecule has 2 aromatic rings. The molecule has 0 heterocycles. The second-order valence-corrected chi connectivity index (χ2v) is 5.19. The number of halogens is 1. The van der Waals surface area contributed by atoms with E-state index in [0.29, 0.717) is 13.0 Å². The Kier molecular flexibility index (Phi) is 8.16. The first-order valence-electron chi connectivity index (χ1n) is 7.39. The first-order valence-corrected chi connectivity index (χ1v) is 7.39. The molecule has 0 saturated heterocycles. The smallest absolute Gasteiger partial charge is 0.237 e. The van der Waals surface area contributed by atoms with E-state index in [4.69, 9.17) is 10.5 Å². The molecule has 0 saturated carbocycles. The van der Waals surface area contributed by atoms with Gasteiger partial charge in [-0.25, -0.2) is 0 Å². The number of carbonyl (C=O) groups excluding carboxylic acids is 1. The minimum absolute atomic E-state index is 0. The van der Waals surface area contributed by atoms with E-state index in [9.17, 15) is 4.79 Å². The molecule has 2 rings (SSSR count). The third-order valence-corrected chi connectivity index (χ3v) is 3.51. The van der Waals surface area contributed by atoms with Gasteiger partial charge in [-0.1, -0.05) is 42.5 Å². The number of carbonyl (C=O) groups is 1. The van der Waals surface area contributed by atoms with Crippen LogP contribution in [0.1, 0.15) is 11.1 Å². The molecule has 4 nitrogen and oxygen atoms in total. The van der Waals surface area contributed by atoms with Crippen molar-refractivity contribution in [1.29, 1.82) is 0 Å². The summed E-state index contributed by atoms with van der Waals surface area (Å²) in [6.07, 6.45) is 1.32. The molecule has 124 valence electrons. The van der Waals surface area contributed by atoms with Crippen molar-refractivity contribution in [3.63, 3.8) is 0 Å². The van der Waals surface area contributed by atoms with Crippen LogP contribution in [0.4, 0.5) is 0 Å². The van der Waals surface area contributed by atoms with Gasteiger partial charge in [0.1, 0.15) is 5.75 Å². The van der Waals surface area contributed by atoms with Gasteiger partial charge in [-0.3, -0.25) is 4.79 Å². The van der Waals surface area contributed by atoms with Crippen molar-refractivity contribution in [1.82, 2.24) is 5.32 Å². The maximum absolute atomic E-state index is 12.0. The molecule has 0 aliphatic rings. The zero-order chi connectivity index (χ0) is 15.8. The molecule has 0 aliphatic heterocycles. The van der Waals surface area contributed by atoms with Crippen LogP contribution in [0.3, 0.4) is 0 Å². The summed E-state index contributed by atoms with van der Waals surface area (Å²) in [5.41, 5.74) is 8.16. The lowest BCUT2D eigenvalue weighted by atomic mass is 10.1. The van der Waals surface area contributed by atoms with Crippen molar-refractivity contribution in [2.24, 2.45) is 5.73 Å². The Bertz CT molecular complexity index is 588. The van der Waals surface area contributed by atoms with Gasteiger partial charge in [0.25, 0.3) is 0 Å². The average molecular weight is 335 g/mol. The van der Waals surface area contributed by atoms with E-state index < -0.39 is 6.04 Å². The number of benzene rings is 2. The van der Waals surface area contributed by atoms with Crippen LogP contribution in [-0.2, 0) is 17.6 Å². The molecule has 0 aromatic heterocycles. The number of methoxy groups -OCH3 is 1. The summed E-state index contributed by atoms with van der Waals surface area (Å²) < 4.78 is 5.11. The average Bonchev–Trinajstić information content (AvgIpc) is 2.56. The van der Waals surface area contributed by atoms with Crippen molar-refractivity contribution in [3.05, 3.63) is 65.7 Å². The van der Waals surface area contributed by atoms with Crippen LogP contribution in [0.15, 0.2) is 54.6 Å². The zero-order valence-electron chi connectivity index (χ0n) is 13.2. The first kappa shape index (κ1) is 19.0. The number of hydrogen-bond acceptors (Lipinski definition) is 3. The van der Waals surface area contributed by atoms with E-state index in [-0.39, 0.29) is 18.3 Å². The van der Waals surface area contributed by atoms with E-state index in [1.54, 1.807) is 7.11 Å². The van der Waals surface area contributed by atoms with E-state index >= 15 is 0 Å². The Morgan fingerprint density at radius 3 is 2.35 bits per heavy atom. The number of nitrogens with two attached hydrogens (primary N) is 1. The normalized spacial score (nSPS) is 11.2. The van der Waals surface area contributed by atoms with Crippen molar-refractivity contribution < 1.29 is 9.53 Å². The summed E-state index contributed by atoms with van der Waals surface area (Å²) in [5, 5.41) is 2.88. The summed E-state index contributed by atoms with van der Waals surface area (Å²) in [6.45, 7) is 0.577. The van der Waals surface area contributed by atoms with Gasteiger partial charge in [-0.15, -0.1) is 12.4 Å². The highest BCUT2D eigenvalue weighted by atomic mass is 35.5. The molecular formula is C18H23ClN2O2. The van der Waals surface area contributed by atoms with Crippen LogP contribution in [0.25, 0.3) is 0 Å². The third kappa shape index (κ3) is 6.30. The van der Waals surface area contributed by atoms with Crippen LogP contribution in [0.2, 0.25) is 0 Å². The van der Waals surface area contributed by atoms with Crippen LogP contribution >= 0.6 is 12.4 Å². The summed E-state index contributed by atoms with van der Waals surface area (Å²) in [4.78, 5) is 12.0. The lowest BCUT2D eigenvalue weighted by Gasteiger charge is -2.12. The maximum Gasteiger partial charge on any atom is 0.237 e. The fourth-order valence-corrected chi connectivity index (χ4v) is 2.21. The number of amides is 1. The highest BCUT2D eigenvalue weighted by Crippen LogP contribution is 2.11. The minimum atomic E-state index is -0.515. The molecule has 2 aromatic carbocycles. The van der Waals surface area contributed by atoms with E-state index in [2.05, 4.69) is 5.32 Å². The standard InChI is InChI=1S/C18H22N2O2.ClH/c1-22-16-9-7-14(8-10-16)11-12-20-18(21)17(19)13-15-5-3-2-4-6-15;/h2-10,17H,11-13,19H2,1H3,(H,20,21);1H. The molecule has 5 heteroatoms. The highest BCUT2D eigenvalue weighted by molar-refractivity contribution is 5.85. The predicted molar refractivity (Wildman–Crippen MR) is 95.1 cm³/mol. The van der Waals surface area contributed by atoms with Crippen molar-refractivity contribution in [2.75, 3.05) is 13.7 Å². The second-order valence-electron chi connectivity index (χ2n) is 5.19. The second kappa shape index (κ2) is 9.87. The molecule has 1 atom stereocenters.